The molecule has 1 aromatic heterocycles. The van der Waals surface area contributed by atoms with E-state index in [1.807, 2.05) is 6.92 Å². The molecule has 1 rings (SSSR count). The Morgan fingerprint density at radius 2 is 2.46 bits per heavy atom. The first kappa shape index (κ1) is 9.51. The Kier molecular flexibility index (Phi) is 3.25. The Labute approximate surface area is 76.3 Å². The maximum atomic E-state index is 11.4. The highest BCUT2D eigenvalue weighted by Crippen LogP contribution is 2.07. The fraction of sp³-hybridized carbons (Fsp3) is 0.333. The molecule has 0 atom stereocenters. The third-order valence-electron chi connectivity index (χ3n) is 1.83. The van der Waals surface area contributed by atoms with Gasteiger partial charge in [-0.15, -0.1) is 0 Å². The maximum absolute atomic E-state index is 11.4. The summed E-state index contributed by atoms with van der Waals surface area (Å²) in [6.07, 6.45) is 2.67. The lowest BCUT2D eigenvalue weighted by molar-refractivity contribution is -0.109. The average molecular weight is 180 g/mol. The molecule has 1 amide bonds. The SMILES string of the molecule is Cc1[nH]ccc1C(=O)CCNC=O. The van der Waals surface area contributed by atoms with Gasteiger partial charge in [-0.05, 0) is 13.0 Å². The summed E-state index contributed by atoms with van der Waals surface area (Å²) >= 11 is 0. The summed E-state index contributed by atoms with van der Waals surface area (Å²) in [5.41, 5.74) is 1.57. The molecule has 0 radical (unpaired) electrons. The molecule has 4 heteroatoms. The standard InChI is InChI=1S/C9H12N2O2/c1-7-8(2-5-11-7)9(13)3-4-10-6-12/h2,5-6,11H,3-4H2,1H3,(H,10,12). The van der Waals surface area contributed by atoms with Crippen molar-refractivity contribution in [1.29, 1.82) is 0 Å². The van der Waals surface area contributed by atoms with E-state index < -0.39 is 0 Å². The van der Waals surface area contributed by atoms with Crippen LogP contribution in [0, 0.1) is 6.92 Å². The number of nitrogens with one attached hydrogen (secondary N) is 2. The largest absolute Gasteiger partial charge is 0.365 e. The zero-order valence-corrected chi connectivity index (χ0v) is 7.46. The van der Waals surface area contributed by atoms with E-state index in [4.69, 9.17) is 0 Å². The summed E-state index contributed by atoms with van der Waals surface area (Å²) in [4.78, 5) is 24.3. The molecule has 0 bridgehead atoms. The fourth-order valence-electron chi connectivity index (χ4n) is 1.13. The molecule has 0 unspecified atom stereocenters. The van der Waals surface area contributed by atoms with Crippen molar-refractivity contribution in [3.05, 3.63) is 23.5 Å². The summed E-state index contributed by atoms with van der Waals surface area (Å²) in [6.45, 7) is 2.24. The molecule has 0 aliphatic carbocycles. The van der Waals surface area contributed by atoms with Gasteiger partial charge in [-0.3, -0.25) is 9.59 Å². The van der Waals surface area contributed by atoms with Crippen LogP contribution >= 0.6 is 0 Å². The van der Waals surface area contributed by atoms with Crippen LogP contribution in [0.3, 0.4) is 0 Å². The summed E-state index contributed by atoms with van der Waals surface area (Å²) in [6, 6.07) is 1.75. The molecule has 0 spiro atoms. The predicted octanol–water partition coefficient (Wildman–Crippen LogP) is 0.642. The molecule has 1 heterocycles. The quantitative estimate of drug-likeness (QED) is 0.397. The van der Waals surface area contributed by atoms with Crippen LogP contribution in [-0.4, -0.2) is 23.7 Å². The van der Waals surface area contributed by atoms with E-state index in [0.717, 1.165) is 5.69 Å². The molecule has 0 aromatic carbocycles. The number of aromatic nitrogens is 1. The van der Waals surface area contributed by atoms with Crippen molar-refractivity contribution in [2.24, 2.45) is 0 Å². The first-order chi connectivity index (χ1) is 6.25. The molecule has 0 aliphatic heterocycles. The highest BCUT2D eigenvalue weighted by Gasteiger charge is 2.08. The van der Waals surface area contributed by atoms with Crippen LogP contribution in [0.5, 0.6) is 0 Å². The van der Waals surface area contributed by atoms with Crippen molar-refractivity contribution >= 4 is 12.2 Å². The molecule has 0 saturated carbocycles. The molecule has 1 aromatic rings. The minimum Gasteiger partial charge on any atom is -0.365 e. The average Bonchev–Trinajstić information content (AvgIpc) is 2.52. The molecule has 70 valence electrons. The number of rotatable bonds is 5. The second-order valence-electron chi connectivity index (χ2n) is 2.76. The first-order valence-electron chi connectivity index (χ1n) is 4.10. The molecule has 0 fully saturated rings. The number of hydrogen-bond donors (Lipinski definition) is 2. The summed E-state index contributed by atoms with van der Waals surface area (Å²) < 4.78 is 0. The summed E-state index contributed by atoms with van der Waals surface area (Å²) in [5, 5.41) is 2.45. The number of aromatic amines is 1. The molecule has 0 saturated heterocycles. The number of carbonyl (C=O) groups excluding carboxylic acids is 2. The predicted molar refractivity (Wildman–Crippen MR) is 48.5 cm³/mol. The number of aryl methyl sites for hydroxylation is 1. The third-order valence-corrected chi connectivity index (χ3v) is 1.83. The lowest BCUT2D eigenvalue weighted by Crippen LogP contribution is -2.16. The molecule has 0 aliphatic rings. The number of amides is 1. The van der Waals surface area contributed by atoms with Gasteiger partial charge in [0.1, 0.15) is 0 Å². The van der Waals surface area contributed by atoms with Crippen LogP contribution in [0.25, 0.3) is 0 Å². The van der Waals surface area contributed by atoms with Crippen LogP contribution < -0.4 is 5.32 Å². The Bertz CT molecular complexity index is 304. The fourth-order valence-corrected chi connectivity index (χ4v) is 1.13. The van der Waals surface area contributed by atoms with E-state index in [9.17, 15) is 9.59 Å². The van der Waals surface area contributed by atoms with E-state index in [1.165, 1.54) is 0 Å². The lowest BCUT2D eigenvalue weighted by atomic mass is 10.1. The lowest BCUT2D eigenvalue weighted by Gasteiger charge is -1.98. The van der Waals surface area contributed by atoms with Crippen LogP contribution in [0.1, 0.15) is 22.5 Å². The molecule has 13 heavy (non-hydrogen) atoms. The number of ketones is 1. The maximum Gasteiger partial charge on any atom is 0.207 e. The Morgan fingerprint density at radius 3 is 3.00 bits per heavy atom. The van der Waals surface area contributed by atoms with Gasteiger partial charge in [0.25, 0.3) is 0 Å². The zero-order chi connectivity index (χ0) is 9.68. The van der Waals surface area contributed by atoms with Crippen LogP contribution in [0.4, 0.5) is 0 Å². The van der Waals surface area contributed by atoms with E-state index in [2.05, 4.69) is 10.3 Å². The van der Waals surface area contributed by atoms with E-state index in [1.54, 1.807) is 12.3 Å². The number of Topliss-reactive ketones (excluding diaryl/α,β-unsaturated/α-hetero) is 1. The number of hydrogen-bond acceptors (Lipinski definition) is 2. The van der Waals surface area contributed by atoms with Crippen molar-refractivity contribution in [2.75, 3.05) is 6.54 Å². The van der Waals surface area contributed by atoms with Crippen molar-refractivity contribution in [3.8, 4) is 0 Å². The topological polar surface area (TPSA) is 62.0 Å². The number of H-pyrrole nitrogens is 1. The van der Waals surface area contributed by atoms with Crippen molar-refractivity contribution in [1.82, 2.24) is 10.3 Å². The smallest absolute Gasteiger partial charge is 0.207 e. The Balaban J connectivity index is 2.49. The van der Waals surface area contributed by atoms with Gasteiger partial charge in [0, 0.05) is 30.4 Å². The Morgan fingerprint density at radius 1 is 1.69 bits per heavy atom. The second kappa shape index (κ2) is 4.45. The minimum atomic E-state index is 0.0492. The van der Waals surface area contributed by atoms with Gasteiger partial charge in [0.2, 0.25) is 6.41 Å². The monoisotopic (exact) mass is 180 g/mol. The van der Waals surface area contributed by atoms with Gasteiger partial charge < -0.3 is 10.3 Å². The summed E-state index contributed by atoms with van der Waals surface area (Å²) in [7, 11) is 0. The van der Waals surface area contributed by atoms with Gasteiger partial charge in [0.15, 0.2) is 5.78 Å². The molecule has 4 nitrogen and oxygen atoms in total. The minimum absolute atomic E-state index is 0.0492. The van der Waals surface area contributed by atoms with Gasteiger partial charge >= 0.3 is 0 Å². The number of carbonyl (C=O) groups is 2. The Hall–Kier alpha value is -1.58. The van der Waals surface area contributed by atoms with E-state index in [0.29, 0.717) is 24.9 Å². The second-order valence-corrected chi connectivity index (χ2v) is 2.76. The van der Waals surface area contributed by atoms with Gasteiger partial charge in [-0.2, -0.15) is 0 Å². The third kappa shape index (κ3) is 2.43. The van der Waals surface area contributed by atoms with Crippen molar-refractivity contribution in [2.45, 2.75) is 13.3 Å². The molecular formula is C9H12N2O2. The zero-order valence-electron chi connectivity index (χ0n) is 7.46. The van der Waals surface area contributed by atoms with Crippen molar-refractivity contribution in [3.63, 3.8) is 0 Å². The van der Waals surface area contributed by atoms with Crippen LogP contribution in [-0.2, 0) is 4.79 Å². The van der Waals surface area contributed by atoms with Crippen LogP contribution in [0.2, 0.25) is 0 Å². The van der Waals surface area contributed by atoms with E-state index in [-0.39, 0.29) is 5.78 Å². The van der Waals surface area contributed by atoms with Gasteiger partial charge in [0.05, 0.1) is 0 Å². The van der Waals surface area contributed by atoms with Gasteiger partial charge in [-0.1, -0.05) is 0 Å². The molecule has 2 N–H and O–H groups in total. The highest BCUT2D eigenvalue weighted by atomic mass is 16.1. The van der Waals surface area contributed by atoms with Crippen molar-refractivity contribution < 1.29 is 9.59 Å². The first-order valence-corrected chi connectivity index (χ1v) is 4.10. The summed E-state index contributed by atoms with van der Waals surface area (Å²) in [5.74, 6) is 0.0492. The molecular weight excluding hydrogens is 168 g/mol. The van der Waals surface area contributed by atoms with Gasteiger partial charge in [-0.25, -0.2) is 0 Å². The normalized spacial score (nSPS) is 9.62. The van der Waals surface area contributed by atoms with E-state index >= 15 is 0 Å². The highest BCUT2D eigenvalue weighted by molar-refractivity contribution is 5.97. The van der Waals surface area contributed by atoms with Crippen LogP contribution in [0.15, 0.2) is 12.3 Å².